The molecule has 0 radical (unpaired) electrons. The maximum absolute atomic E-state index is 9.59. The Morgan fingerprint density at radius 3 is 2.67 bits per heavy atom. The highest BCUT2D eigenvalue weighted by molar-refractivity contribution is 5.97. The number of hydrogen-bond donors (Lipinski definition) is 1. The minimum Gasteiger partial charge on any atom is -0.508 e. The van der Waals surface area contributed by atoms with Gasteiger partial charge in [-0.2, -0.15) is 5.26 Å². The van der Waals surface area contributed by atoms with Crippen molar-refractivity contribution in [3.05, 3.63) is 72.3 Å². The van der Waals surface area contributed by atoms with Crippen molar-refractivity contribution in [2.24, 2.45) is 0 Å². The molecule has 3 rings (SSSR count). The molecule has 1 N–H and O–H groups in total. The van der Waals surface area contributed by atoms with Crippen LogP contribution in [0.5, 0.6) is 5.75 Å². The van der Waals surface area contributed by atoms with Crippen LogP contribution < -0.4 is 0 Å². The number of rotatable bonds is 2. The summed E-state index contributed by atoms with van der Waals surface area (Å²) >= 11 is 0. The Hall–Kier alpha value is -3.05. The monoisotopic (exact) mass is 271 g/mol. The minimum absolute atomic E-state index is 0.247. The van der Waals surface area contributed by atoms with Gasteiger partial charge in [0.25, 0.3) is 0 Å². The number of phenols is 1. The third-order valence-electron chi connectivity index (χ3n) is 3.55. The molecule has 0 fully saturated rings. The van der Waals surface area contributed by atoms with Crippen LogP contribution in [0.3, 0.4) is 0 Å². The molecule has 21 heavy (non-hydrogen) atoms. The van der Waals surface area contributed by atoms with Crippen LogP contribution in [0.4, 0.5) is 0 Å². The third kappa shape index (κ3) is 2.26. The van der Waals surface area contributed by atoms with Gasteiger partial charge < -0.3 is 5.11 Å². The van der Waals surface area contributed by atoms with Gasteiger partial charge in [0.05, 0.1) is 11.6 Å². The molecule has 0 aliphatic heterocycles. The van der Waals surface area contributed by atoms with Crippen molar-refractivity contribution < 1.29 is 5.11 Å². The molecule has 0 aliphatic rings. The van der Waals surface area contributed by atoms with Crippen molar-refractivity contribution in [1.82, 2.24) is 0 Å². The van der Waals surface area contributed by atoms with Crippen molar-refractivity contribution in [3.63, 3.8) is 0 Å². The molecule has 0 saturated heterocycles. The van der Waals surface area contributed by atoms with Crippen LogP contribution in [-0.2, 0) is 0 Å². The summed E-state index contributed by atoms with van der Waals surface area (Å²) in [6, 6.07) is 18.9. The van der Waals surface area contributed by atoms with Crippen LogP contribution in [0.25, 0.3) is 28.0 Å². The van der Waals surface area contributed by atoms with E-state index in [9.17, 15) is 5.11 Å². The van der Waals surface area contributed by atoms with E-state index in [1.807, 2.05) is 42.5 Å². The van der Waals surface area contributed by atoms with Crippen LogP contribution in [0.15, 0.2) is 61.2 Å². The second-order valence-electron chi connectivity index (χ2n) is 4.83. The predicted octanol–water partition coefficient (Wildman–Crippen LogP) is 4.73. The van der Waals surface area contributed by atoms with Gasteiger partial charge in [-0.25, -0.2) is 0 Å². The lowest BCUT2D eigenvalue weighted by molar-refractivity contribution is 0.476. The van der Waals surface area contributed by atoms with Gasteiger partial charge in [0.15, 0.2) is 0 Å². The minimum atomic E-state index is 0.247. The summed E-state index contributed by atoms with van der Waals surface area (Å²) in [5.41, 5.74) is 3.65. The Morgan fingerprint density at radius 2 is 1.90 bits per heavy atom. The van der Waals surface area contributed by atoms with Crippen LogP contribution >= 0.6 is 0 Å². The van der Waals surface area contributed by atoms with Crippen LogP contribution in [0.1, 0.15) is 11.1 Å². The lowest BCUT2D eigenvalue weighted by atomic mass is 9.93. The maximum Gasteiger partial charge on any atom is 0.116 e. The maximum atomic E-state index is 9.59. The summed E-state index contributed by atoms with van der Waals surface area (Å²) in [6.07, 6.45) is 1.81. The topological polar surface area (TPSA) is 44.0 Å². The number of fused-ring (bicyclic) bond motifs is 1. The van der Waals surface area contributed by atoms with E-state index < -0.39 is 0 Å². The van der Waals surface area contributed by atoms with E-state index in [4.69, 9.17) is 5.26 Å². The van der Waals surface area contributed by atoms with E-state index in [0.29, 0.717) is 5.56 Å². The van der Waals surface area contributed by atoms with E-state index >= 15 is 0 Å². The average Bonchev–Trinajstić information content (AvgIpc) is 2.53. The van der Waals surface area contributed by atoms with Gasteiger partial charge in [-0.15, -0.1) is 0 Å². The number of hydrogen-bond acceptors (Lipinski definition) is 2. The van der Waals surface area contributed by atoms with Gasteiger partial charge in [0.2, 0.25) is 0 Å². The van der Waals surface area contributed by atoms with Crippen LogP contribution in [0.2, 0.25) is 0 Å². The van der Waals surface area contributed by atoms with Crippen LogP contribution in [0, 0.1) is 11.3 Å². The van der Waals surface area contributed by atoms with Gasteiger partial charge in [-0.3, -0.25) is 0 Å². The Bertz CT molecular complexity index is 888. The highest BCUT2D eigenvalue weighted by Crippen LogP contribution is 2.33. The van der Waals surface area contributed by atoms with Gasteiger partial charge in [-0.05, 0) is 51.7 Å². The predicted molar refractivity (Wildman–Crippen MR) is 85.9 cm³/mol. The summed E-state index contributed by atoms with van der Waals surface area (Å²) in [5.74, 6) is 0.247. The second kappa shape index (κ2) is 5.15. The first-order chi connectivity index (χ1) is 10.2. The van der Waals surface area contributed by atoms with E-state index in [0.717, 1.165) is 27.5 Å². The molecule has 0 spiro atoms. The number of nitrogens with zero attached hydrogens (tertiary/aromatic N) is 1. The molecule has 0 atom stereocenters. The largest absolute Gasteiger partial charge is 0.508 e. The number of nitriles is 1. The second-order valence-corrected chi connectivity index (χ2v) is 4.83. The normalized spacial score (nSPS) is 10.2. The van der Waals surface area contributed by atoms with Crippen LogP contribution in [-0.4, -0.2) is 5.11 Å². The number of phenolic OH excluding ortho intramolecular Hbond substituents is 1. The zero-order valence-corrected chi connectivity index (χ0v) is 11.4. The summed E-state index contributed by atoms with van der Waals surface area (Å²) in [6.45, 7) is 3.90. The molecule has 3 aromatic rings. The Labute approximate surface area is 123 Å². The molecular weight excluding hydrogens is 258 g/mol. The molecule has 3 aromatic carbocycles. The van der Waals surface area contributed by atoms with Gasteiger partial charge >= 0.3 is 0 Å². The lowest BCUT2D eigenvalue weighted by Gasteiger charge is -2.11. The van der Waals surface area contributed by atoms with E-state index in [1.54, 1.807) is 18.2 Å². The first kappa shape index (κ1) is 13.0. The molecule has 0 saturated carbocycles. The van der Waals surface area contributed by atoms with Crippen molar-refractivity contribution in [3.8, 4) is 22.9 Å². The molecule has 2 nitrogen and oxygen atoms in total. The molecule has 0 bridgehead atoms. The van der Waals surface area contributed by atoms with E-state index in [2.05, 4.69) is 12.6 Å². The standard InChI is InChI=1S/C19H13NO/c1-2-17-18(14-5-3-4-13(10-14)12-20)8-6-15-11-16(21)7-9-19(15)17/h2-11,21H,1H2. The fourth-order valence-corrected chi connectivity index (χ4v) is 2.57. The van der Waals surface area contributed by atoms with E-state index in [-0.39, 0.29) is 5.75 Å². The molecule has 0 heterocycles. The highest BCUT2D eigenvalue weighted by atomic mass is 16.3. The van der Waals surface area contributed by atoms with Crippen molar-refractivity contribution in [1.29, 1.82) is 5.26 Å². The van der Waals surface area contributed by atoms with Gasteiger partial charge in [0.1, 0.15) is 5.75 Å². The molecule has 2 heteroatoms. The summed E-state index contributed by atoms with van der Waals surface area (Å²) in [7, 11) is 0. The fraction of sp³-hybridized carbons (Fsp3) is 0. The Morgan fingerprint density at radius 1 is 1.05 bits per heavy atom. The van der Waals surface area contributed by atoms with E-state index in [1.165, 1.54) is 0 Å². The fourth-order valence-electron chi connectivity index (χ4n) is 2.57. The SMILES string of the molecule is C=Cc1c(-c2cccc(C#N)c2)ccc2cc(O)ccc12. The molecule has 0 unspecified atom stereocenters. The zero-order chi connectivity index (χ0) is 14.8. The smallest absolute Gasteiger partial charge is 0.116 e. The summed E-state index contributed by atoms with van der Waals surface area (Å²) in [4.78, 5) is 0. The van der Waals surface area contributed by atoms with Crippen molar-refractivity contribution in [2.75, 3.05) is 0 Å². The Balaban J connectivity index is 2.30. The highest BCUT2D eigenvalue weighted by Gasteiger charge is 2.08. The first-order valence-corrected chi connectivity index (χ1v) is 6.61. The molecule has 0 aromatic heterocycles. The van der Waals surface area contributed by atoms with Crippen molar-refractivity contribution in [2.45, 2.75) is 0 Å². The lowest BCUT2D eigenvalue weighted by Crippen LogP contribution is -1.87. The number of benzene rings is 3. The Kier molecular flexibility index (Phi) is 3.17. The van der Waals surface area contributed by atoms with Gasteiger partial charge in [-0.1, -0.05) is 43.0 Å². The molecule has 100 valence electrons. The first-order valence-electron chi connectivity index (χ1n) is 6.61. The molecule has 0 amide bonds. The molecular formula is C19H13NO. The average molecular weight is 271 g/mol. The molecule has 0 aliphatic carbocycles. The quantitative estimate of drug-likeness (QED) is 0.732. The van der Waals surface area contributed by atoms with Gasteiger partial charge in [0, 0.05) is 0 Å². The third-order valence-corrected chi connectivity index (χ3v) is 3.55. The summed E-state index contributed by atoms with van der Waals surface area (Å²) in [5, 5.41) is 20.6. The van der Waals surface area contributed by atoms with Crippen molar-refractivity contribution >= 4 is 16.8 Å². The number of aromatic hydroxyl groups is 1. The summed E-state index contributed by atoms with van der Waals surface area (Å²) < 4.78 is 0. The zero-order valence-electron chi connectivity index (χ0n) is 11.4.